The highest BCUT2D eigenvalue weighted by Gasteiger charge is 2.47. The van der Waals surface area contributed by atoms with Gasteiger partial charge in [0.05, 0.1) is 5.75 Å². The molecule has 5 heteroatoms. The maximum absolute atomic E-state index is 10.7. The van der Waals surface area contributed by atoms with Crippen LogP contribution in [0.15, 0.2) is 0 Å². The number of hydrogen-bond donors (Lipinski definition) is 2. The topological polar surface area (TPSA) is 66.4 Å². The van der Waals surface area contributed by atoms with E-state index in [0.717, 1.165) is 23.7 Å². The van der Waals surface area contributed by atoms with Crippen LogP contribution in [0.2, 0.25) is 0 Å². The molecule has 4 saturated carbocycles. The molecule has 17 heavy (non-hydrogen) atoms. The minimum Gasteiger partial charge on any atom is -0.312 e. The quantitative estimate of drug-likeness (QED) is 0.747. The highest BCUT2D eigenvalue weighted by Crippen LogP contribution is 2.53. The second-order valence-electron chi connectivity index (χ2n) is 6.20. The van der Waals surface area contributed by atoms with Gasteiger partial charge in [0.15, 0.2) is 0 Å². The molecule has 0 aromatic heterocycles. The zero-order valence-corrected chi connectivity index (χ0v) is 10.8. The molecule has 0 aromatic carbocycles. The summed E-state index contributed by atoms with van der Waals surface area (Å²) in [7, 11) is -3.81. The fourth-order valence-corrected chi connectivity index (χ4v) is 4.99. The van der Waals surface area contributed by atoms with Crippen LogP contribution >= 0.6 is 0 Å². The van der Waals surface area contributed by atoms with Gasteiger partial charge in [-0.25, -0.2) is 0 Å². The third-order valence-corrected chi connectivity index (χ3v) is 5.69. The molecule has 0 radical (unpaired) electrons. The van der Waals surface area contributed by atoms with Crippen molar-refractivity contribution in [1.82, 2.24) is 5.32 Å². The molecule has 2 N–H and O–H groups in total. The minimum absolute atomic E-state index is 0.157. The maximum Gasteiger partial charge on any atom is 0.266 e. The first kappa shape index (κ1) is 11.9. The Hall–Kier alpha value is -0.130. The van der Waals surface area contributed by atoms with Crippen molar-refractivity contribution in [2.24, 2.45) is 23.7 Å². The van der Waals surface area contributed by atoms with Crippen molar-refractivity contribution >= 4 is 10.1 Å². The molecule has 4 aliphatic rings. The normalized spacial score (nSPS) is 44.2. The molecule has 0 heterocycles. The van der Waals surface area contributed by atoms with Gasteiger partial charge in [0, 0.05) is 12.6 Å². The molecule has 0 aromatic rings. The first-order chi connectivity index (χ1) is 8.01. The van der Waals surface area contributed by atoms with Crippen LogP contribution < -0.4 is 5.32 Å². The molecule has 4 bridgehead atoms. The minimum atomic E-state index is -3.81. The van der Waals surface area contributed by atoms with Gasteiger partial charge in [-0.2, -0.15) is 8.42 Å². The highest BCUT2D eigenvalue weighted by atomic mass is 32.2. The van der Waals surface area contributed by atoms with Crippen LogP contribution in [-0.4, -0.2) is 31.3 Å². The van der Waals surface area contributed by atoms with Crippen LogP contribution in [0.3, 0.4) is 0 Å². The predicted molar refractivity (Wildman–Crippen MR) is 65.3 cm³/mol. The van der Waals surface area contributed by atoms with E-state index in [4.69, 9.17) is 4.55 Å². The van der Waals surface area contributed by atoms with Gasteiger partial charge in [-0.3, -0.25) is 4.55 Å². The number of nitrogens with one attached hydrogen (secondary N) is 1. The average Bonchev–Trinajstić information content (AvgIpc) is 2.19. The van der Waals surface area contributed by atoms with Crippen molar-refractivity contribution in [3.63, 3.8) is 0 Å². The summed E-state index contributed by atoms with van der Waals surface area (Å²) < 4.78 is 30.1. The Morgan fingerprint density at radius 1 is 1.00 bits per heavy atom. The van der Waals surface area contributed by atoms with Crippen LogP contribution in [-0.2, 0) is 10.1 Å². The summed E-state index contributed by atoms with van der Waals surface area (Å²) in [4.78, 5) is 0. The smallest absolute Gasteiger partial charge is 0.266 e. The van der Waals surface area contributed by atoms with Gasteiger partial charge in [0.25, 0.3) is 10.1 Å². The molecule has 0 atom stereocenters. The third kappa shape index (κ3) is 2.51. The summed E-state index contributed by atoms with van der Waals surface area (Å²) in [6.07, 6.45) is 6.75. The Kier molecular flexibility index (Phi) is 2.96. The van der Waals surface area contributed by atoms with E-state index in [2.05, 4.69) is 5.32 Å². The van der Waals surface area contributed by atoms with E-state index in [1.807, 2.05) is 0 Å². The van der Waals surface area contributed by atoms with Crippen molar-refractivity contribution in [3.05, 3.63) is 0 Å². The molecular weight excluding hydrogens is 238 g/mol. The van der Waals surface area contributed by atoms with E-state index in [9.17, 15) is 8.42 Å². The standard InChI is InChI=1S/C12H21NO3S/c14-17(15,16)2-1-13-12-10-4-8-3-9(6-10)7-11(12)5-8/h8-13H,1-7H2,(H,14,15,16). The van der Waals surface area contributed by atoms with Crippen molar-refractivity contribution in [1.29, 1.82) is 0 Å². The lowest BCUT2D eigenvalue weighted by molar-refractivity contribution is -0.0129. The van der Waals surface area contributed by atoms with Crippen LogP contribution in [0.25, 0.3) is 0 Å². The summed E-state index contributed by atoms with van der Waals surface area (Å²) in [6, 6.07) is 0.504. The lowest BCUT2D eigenvalue weighted by atomic mass is 9.54. The monoisotopic (exact) mass is 259 g/mol. The molecule has 4 fully saturated rings. The zero-order chi connectivity index (χ0) is 12.0. The van der Waals surface area contributed by atoms with Gasteiger partial charge in [-0.05, 0) is 55.8 Å². The van der Waals surface area contributed by atoms with Crippen LogP contribution in [0.5, 0.6) is 0 Å². The first-order valence-electron chi connectivity index (χ1n) is 6.70. The van der Waals surface area contributed by atoms with E-state index in [0.29, 0.717) is 12.6 Å². The molecule has 0 saturated heterocycles. The van der Waals surface area contributed by atoms with E-state index in [-0.39, 0.29) is 5.75 Å². The Labute approximate surface area is 103 Å². The van der Waals surface area contributed by atoms with E-state index >= 15 is 0 Å². The predicted octanol–water partition coefficient (Wildman–Crippen LogP) is 1.29. The molecule has 4 nitrogen and oxygen atoms in total. The molecule has 0 aliphatic heterocycles. The van der Waals surface area contributed by atoms with Gasteiger partial charge in [-0.15, -0.1) is 0 Å². The van der Waals surface area contributed by atoms with Gasteiger partial charge in [0.1, 0.15) is 0 Å². The molecule has 0 spiro atoms. The number of hydrogen-bond acceptors (Lipinski definition) is 3. The summed E-state index contributed by atoms with van der Waals surface area (Å²) in [5, 5.41) is 3.38. The SMILES string of the molecule is O=S(=O)(O)CCNC1C2CC3CC(C2)CC1C3. The maximum atomic E-state index is 10.7. The second kappa shape index (κ2) is 4.21. The molecule has 98 valence electrons. The average molecular weight is 259 g/mol. The van der Waals surface area contributed by atoms with Gasteiger partial charge in [0.2, 0.25) is 0 Å². The first-order valence-corrected chi connectivity index (χ1v) is 8.31. The second-order valence-corrected chi connectivity index (χ2v) is 7.77. The van der Waals surface area contributed by atoms with Crippen molar-refractivity contribution in [2.45, 2.75) is 38.1 Å². The molecular formula is C12H21NO3S. The van der Waals surface area contributed by atoms with Crippen molar-refractivity contribution < 1.29 is 13.0 Å². The van der Waals surface area contributed by atoms with Gasteiger partial charge < -0.3 is 5.32 Å². The van der Waals surface area contributed by atoms with Gasteiger partial charge in [-0.1, -0.05) is 0 Å². The Bertz CT molecular complexity index is 365. The molecule has 0 unspecified atom stereocenters. The summed E-state index contributed by atoms with van der Waals surface area (Å²) in [5.74, 6) is 3.24. The summed E-state index contributed by atoms with van der Waals surface area (Å²) >= 11 is 0. The molecule has 4 aliphatic carbocycles. The van der Waals surface area contributed by atoms with Crippen LogP contribution in [0.4, 0.5) is 0 Å². The van der Waals surface area contributed by atoms with E-state index < -0.39 is 10.1 Å². The Balaban J connectivity index is 1.57. The fraction of sp³-hybridized carbons (Fsp3) is 1.00. The van der Waals surface area contributed by atoms with Crippen molar-refractivity contribution in [3.8, 4) is 0 Å². The summed E-state index contributed by atoms with van der Waals surface area (Å²) in [6.45, 7) is 0.395. The van der Waals surface area contributed by atoms with E-state index in [1.54, 1.807) is 0 Å². The lowest BCUT2D eigenvalue weighted by Crippen LogP contribution is -2.55. The lowest BCUT2D eigenvalue weighted by Gasteiger charge is -2.54. The third-order valence-electron chi connectivity index (χ3n) is 4.97. The summed E-state index contributed by atoms with van der Waals surface area (Å²) in [5.41, 5.74) is 0. The molecule has 0 amide bonds. The largest absolute Gasteiger partial charge is 0.312 e. The van der Waals surface area contributed by atoms with E-state index in [1.165, 1.54) is 32.1 Å². The van der Waals surface area contributed by atoms with Crippen LogP contribution in [0, 0.1) is 23.7 Å². The highest BCUT2D eigenvalue weighted by molar-refractivity contribution is 7.85. The van der Waals surface area contributed by atoms with Crippen LogP contribution in [0.1, 0.15) is 32.1 Å². The molecule has 4 rings (SSSR count). The zero-order valence-electron chi connectivity index (χ0n) is 10.0. The Morgan fingerprint density at radius 2 is 1.53 bits per heavy atom. The fourth-order valence-electron chi connectivity index (χ4n) is 4.61. The number of rotatable bonds is 4. The Morgan fingerprint density at radius 3 is 2.00 bits per heavy atom. The van der Waals surface area contributed by atoms with Gasteiger partial charge >= 0.3 is 0 Å². The van der Waals surface area contributed by atoms with Crippen molar-refractivity contribution in [2.75, 3.05) is 12.3 Å².